The van der Waals surface area contributed by atoms with Crippen LogP contribution in [0.25, 0.3) is 11.4 Å². The molecule has 0 spiro atoms. The van der Waals surface area contributed by atoms with E-state index in [0.29, 0.717) is 23.7 Å². The molecule has 4 rings (SSSR count). The van der Waals surface area contributed by atoms with E-state index in [9.17, 15) is 10.1 Å². The van der Waals surface area contributed by atoms with Crippen molar-refractivity contribution in [2.24, 2.45) is 0 Å². The predicted molar refractivity (Wildman–Crippen MR) is 109 cm³/mol. The number of non-ortho nitro benzene ring substituents is 1. The summed E-state index contributed by atoms with van der Waals surface area (Å²) >= 11 is 1.48. The van der Waals surface area contributed by atoms with E-state index in [-0.39, 0.29) is 12.5 Å². The summed E-state index contributed by atoms with van der Waals surface area (Å²) in [6.45, 7) is 5.25. The molecule has 8 nitrogen and oxygen atoms in total. The Balaban J connectivity index is 1.63. The van der Waals surface area contributed by atoms with Gasteiger partial charge in [0.2, 0.25) is 0 Å². The van der Waals surface area contributed by atoms with Crippen LogP contribution in [0.15, 0.2) is 41.6 Å². The van der Waals surface area contributed by atoms with Crippen molar-refractivity contribution < 1.29 is 14.4 Å². The first kappa shape index (κ1) is 19.4. The van der Waals surface area contributed by atoms with Crippen molar-refractivity contribution in [3.63, 3.8) is 0 Å². The molecule has 1 aliphatic heterocycles. The molecule has 150 valence electrons. The molecule has 1 aliphatic rings. The molecule has 2 aromatic carbocycles. The number of nitrogens with zero attached hydrogens (tertiary/aromatic N) is 4. The first-order valence-corrected chi connectivity index (χ1v) is 10.2. The van der Waals surface area contributed by atoms with E-state index < -0.39 is 4.92 Å². The topological polar surface area (TPSA) is 92.3 Å². The number of aromatic nitrogens is 3. The second kappa shape index (κ2) is 8.22. The molecule has 0 aliphatic carbocycles. The molecule has 9 heteroatoms. The molecule has 0 amide bonds. The van der Waals surface area contributed by atoms with Gasteiger partial charge in [0.1, 0.15) is 5.75 Å². The van der Waals surface area contributed by atoms with Gasteiger partial charge in [0.15, 0.2) is 17.8 Å². The average molecular weight is 412 g/mol. The fraction of sp³-hybridized carbons (Fsp3) is 0.300. The molecule has 1 aromatic heterocycles. The van der Waals surface area contributed by atoms with Crippen LogP contribution in [0.2, 0.25) is 0 Å². The molecule has 3 aromatic rings. The highest BCUT2D eigenvalue weighted by molar-refractivity contribution is 7.98. The molecular formula is C20H20N4O4S. The van der Waals surface area contributed by atoms with E-state index in [1.54, 1.807) is 6.07 Å². The van der Waals surface area contributed by atoms with E-state index in [1.165, 1.54) is 17.8 Å². The van der Waals surface area contributed by atoms with Gasteiger partial charge in [-0.25, -0.2) is 0 Å². The van der Waals surface area contributed by atoms with Gasteiger partial charge in [-0.2, -0.15) is 0 Å². The van der Waals surface area contributed by atoms with Crippen LogP contribution in [0, 0.1) is 17.0 Å². The highest BCUT2D eigenvalue weighted by atomic mass is 32.2. The van der Waals surface area contributed by atoms with Crippen molar-refractivity contribution in [2.45, 2.75) is 37.9 Å². The number of hydrogen-bond donors (Lipinski definition) is 0. The maximum Gasteiger partial charge on any atom is 0.270 e. The summed E-state index contributed by atoms with van der Waals surface area (Å²) in [5.74, 6) is 1.95. The van der Waals surface area contributed by atoms with E-state index in [0.717, 1.165) is 34.2 Å². The van der Waals surface area contributed by atoms with Crippen molar-refractivity contribution in [3.05, 3.63) is 63.2 Å². The minimum absolute atomic E-state index is 0.0332. The first-order valence-electron chi connectivity index (χ1n) is 9.20. The van der Waals surface area contributed by atoms with E-state index in [2.05, 4.69) is 16.3 Å². The minimum Gasteiger partial charge on any atom is -0.467 e. The Kier molecular flexibility index (Phi) is 5.50. The molecule has 0 radical (unpaired) electrons. The van der Waals surface area contributed by atoms with Gasteiger partial charge in [-0.1, -0.05) is 35.5 Å². The minimum atomic E-state index is -0.395. The van der Waals surface area contributed by atoms with Crippen molar-refractivity contribution in [2.75, 3.05) is 6.79 Å². The average Bonchev–Trinajstić information content (AvgIpc) is 3.14. The van der Waals surface area contributed by atoms with Gasteiger partial charge in [-0.15, -0.1) is 10.2 Å². The molecule has 2 heterocycles. The Bertz CT molecular complexity index is 1070. The normalized spacial score (nSPS) is 13.0. The van der Waals surface area contributed by atoms with Gasteiger partial charge in [0.25, 0.3) is 5.69 Å². The fourth-order valence-electron chi connectivity index (χ4n) is 3.31. The Morgan fingerprint density at radius 1 is 1.28 bits per heavy atom. The summed E-state index contributed by atoms with van der Waals surface area (Å²) in [7, 11) is 0. The Morgan fingerprint density at radius 2 is 2.14 bits per heavy atom. The number of rotatable bonds is 6. The number of nitro benzene ring substituents is 1. The summed E-state index contributed by atoms with van der Waals surface area (Å²) in [6.07, 6.45) is 0. The van der Waals surface area contributed by atoms with Gasteiger partial charge in [0.05, 0.1) is 11.5 Å². The van der Waals surface area contributed by atoms with Crippen LogP contribution < -0.4 is 4.74 Å². The van der Waals surface area contributed by atoms with Crippen molar-refractivity contribution in [3.8, 4) is 17.1 Å². The maximum atomic E-state index is 11.3. The third-order valence-electron chi connectivity index (χ3n) is 4.65. The SMILES string of the molecule is CCn1c(SCc2cc([N+](=O)[O-])cc3c2OCOC3)nnc1-c1cccc(C)c1. The highest BCUT2D eigenvalue weighted by Crippen LogP contribution is 2.36. The van der Waals surface area contributed by atoms with Gasteiger partial charge in [-0.05, 0) is 19.9 Å². The summed E-state index contributed by atoms with van der Waals surface area (Å²) in [5.41, 5.74) is 3.65. The lowest BCUT2D eigenvalue weighted by atomic mass is 10.1. The fourth-order valence-corrected chi connectivity index (χ4v) is 4.28. The van der Waals surface area contributed by atoms with Crippen LogP contribution in [-0.2, 0) is 23.6 Å². The van der Waals surface area contributed by atoms with Crippen molar-refractivity contribution in [1.82, 2.24) is 14.8 Å². The summed E-state index contributed by atoms with van der Waals surface area (Å²) in [6, 6.07) is 11.2. The van der Waals surface area contributed by atoms with Crippen LogP contribution >= 0.6 is 11.8 Å². The Morgan fingerprint density at radius 3 is 2.90 bits per heavy atom. The smallest absolute Gasteiger partial charge is 0.270 e. The van der Waals surface area contributed by atoms with E-state index >= 15 is 0 Å². The zero-order chi connectivity index (χ0) is 20.4. The second-order valence-corrected chi connectivity index (χ2v) is 7.61. The molecule has 0 saturated carbocycles. The third-order valence-corrected chi connectivity index (χ3v) is 5.66. The molecule has 29 heavy (non-hydrogen) atoms. The van der Waals surface area contributed by atoms with Crippen molar-refractivity contribution in [1.29, 1.82) is 0 Å². The van der Waals surface area contributed by atoms with E-state index in [4.69, 9.17) is 9.47 Å². The molecule has 0 atom stereocenters. The molecule has 0 fully saturated rings. The number of fused-ring (bicyclic) bond motifs is 1. The summed E-state index contributed by atoms with van der Waals surface area (Å²) in [4.78, 5) is 10.9. The van der Waals surface area contributed by atoms with Crippen LogP contribution in [0.5, 0.6) is 5.75 Å². The number of thioether (sulfide) groups is 1. The predicted octanol–water partition coefficient (Wildman–Crippen LogP) is 4.34. The molecule has 0 N–H and O–H groups in total. The quantitative estimate of drug-likeness (QED) is 0.338. The molecule has 0 unspecified atom stereocenters. The summed E-state index contributed by atoms with van der Waals surface area (Å²) < 4.78 is 12.9. The monoisotopic (exact) mass is 412 g/mol. The standard InChI is InChI=1S/C20H20N4O4S/c1-3-23-19(14-6-4-5-13(2)7-14)21-22-20(23)29-11-16-9-17(24(25)26)8-15-10-27-12-28-18(15)16/h4-9H,3,10-12H2,1-2H3. The van der Waals surface area contributed by atoms with Crippen LogP contribution in [-0.4, -0.2) is 26.5 Å². The number of ether oxygens (including phenoxy) is 2. The van der Waals surface area contributed by atoms with Gasteiger partial charge in [0, 0.05) is 41.1 Å². The molecule has 0 saturated heterocycles. The van der Waals surface area contributed by atoms with Crippen LogP contribution in [0.3, 0.4) is 0 Å². The number of benzene rings is 2. The highest BCUT2D eigenvalue weighted by Gasteiger charge is 2.22. The lowest BCUT2D eigenvalue weighted by molar-refractivity contribution is -0.385. The maximum absolute atomic E-state index is 11.3. The van der Waals surface area contributed by atoms with Gasteiger partial charge >= 0.3 is 0 Å². The zero-order valence-electron chi connectivity index (χ0n) is 16.1. The van der Waals surface area contributed by atoms with Gasteiger partial charge in [-0.3, -0.25) is 10.1 Å². The van der Waals surface area contributed by atoms with Crippen molar-refractivity contribution >= 4 is 17.4 Å². The lowest BCUT2D eigenvalue weighted by Gasteiger charge is -2.20. The largest absolute Gasteiger partial charge is 0.467 e. The zero-order valence-corrected chi connectivity index (χ0v) is 16.9. The molecular weight excluding hydrogens is 392 g/mol. The third kappa shape index (κ3) is 3.96. The lowest BCUT2D eigenvalue weighted by Crippen LogP contribution is -2.13. The van der Waals surface area contributed by atoms with Crippen LogP contribution in [0.1, 0.15) is 23.6 Å². The second-order valence-electron chi connectivity index (χ2n) is 6.67. The number of nitro groups is 1. The number of aryl methyl sites for hydroxylation is 1. The van der Waals surface area contributed by atoms with Crippen LogP contribution in [0.4, 0.5) is 5.69 Å². The number of hydrogen-bond acceptors (Lipinski definition) is 7. The van der Waals surface area contributed by atoms with E-state index in [1.807, 2.05) is 36.6 Å². The summed E-state index contributed by atoms with van der Waals surface area (Å²) in [5, 5.41) is 20.8. The Labute approximate surface area is 172 Å². The molecule has 0 bridgehead atoms. The Hall–Kier alpha value is -2.91. The first-order chi connectivity index (χ1) is 14.1. The van der Waals surface area contributed by atoms with Gasteiger partial charge < -0.3 is 14.0 Å².